The van der Waals surface area contributed by atoms with Crippen LogP contribution in [0.3, 0.4) is 0 Å². The van der Waals surface area contributed by atoms with Crippen molar-refractivity contribution in [3.63, 3.8) is 0 Å². The number of hydrogen-bond donors (Lipinski definition) is 0. The molecule has 1 atom stereocenters. The molecule has 0 aromatic heterocycles. The molecule has 2 aromatic carbocycles. The number of esters is 1. The molecular weight excluding hydrogens is 475 g/mol. The van der Waals surface area contributed by atoms with Gasteiger partial charge in [-0.15, -0.1) is 11.6 Å². The molecule has 0 amide bonds. The number of alkyl halides is 1. The van der Waals surface area contributed by atoms with E-state index in [-0.39, 0.29) is 44.7 Å². The average molecular weight is 494 g/mol. The summed E-state index contributed by atoms with van der Waals surface area (Å²) in [5.74, 6) is 0.121. The lowest BCUT2D eigenvalue weighted by Gasteiger charge is -2.16. The van der Waals surface area contributed by atoms with E-state index in [9.17, 15) is 13.2 Å². The highest BCUT2D eigenvalue weighted by Gasteiger charge is 2.21. The first-order valence-electron chi connectivity index (χ1n) is 8.63. The van der Waals surface area contributed by atoms with Crippen molar-refractivity contribution in [2.24, 2.45) is 0 Å². The Morgan fingerprint density at radius 1 is 1.07 bits per heavy atom. The molecule has 0 spiro atoms. The minimum atomic E-state index is -3.88. The zero-order valence-corrected chi connectivity index (χ0v) is 19.0. The lowest BCUT2D eigenvalue weighted by molar-refractivity contribution is -0.146. The average Bonchev–Trinajstić information content (AvgIpc) is 2.70. The molecule has 0 aliphatic heterocycles. The molecule has 10 heteroatoms. The van der Waals surface area contributed by atoms with Gasteiger partial charge in [-0.3, -0.25) is 4.79 Å². The molecule has 6 nitrogen and oxygen atoms in total. The Kier molecular flexibility index (Phi) is 9.09. The lowest BCUT2D eigenvalue weighted by atomic mass is 10.3. The van der Waals surface area contributed by atoms with Gasteiger partial charge in [-0.1, -0.05) is 23.2 Å². The van der Waals surface area contributed by atoms with E-state index in [0.29, 0.717) is 5.75 Å². The van der Waals surface area contributed by atoms with Gasteiger partial charge in [0.25, 0.3) is 0 Å². The highest BCUT2D eigenvalue weighted by Crippen LogP contribution is 2.33. The van der Waals surface area contributed by atoms with Gasteiger partial charge in [-0.05, 0) is 49.7 Å². The maximum atomic E-state index is 12.9. The molecule has 30 heavy (non-hydrogen) atoms. The van der Waals surface area contributed by atoms with Crippen molar-refractivity contribution in [3.8, 4) is 11.5 Å². The van der Waals surface area contributed by atoms with E-state index in [1.54, 1.807) is 6.42 Å². The Hall–Kier alpha value is -1.67. The Bertz CT molecular complexity index is 994. The molecule has 0 saturated heterocycles. The maximum Gasteiger partial charge on any atom is 0.303 e. The number of hydrogen-bond acceptors (Lipinski definition) is 6. The quantitative estimate of drug-likeness (QED) is 0.350. The van der Waals surface area contributed by atoms with Crippen LogP contribution in [0.4, 0.5) is 0 Å². The Labute approximate surface area is 190 Å². The Morgan fingerprint density at radius 2 is 1.60 bits per heavy atom. The van der Waals surface area contributed by atoms with Crippen LogP contribution in [-0.4, -0.2) is 39.6 Å². The van der Waals surface area contributed by atoms with E-state index < -0.39 is 21.9 Å². The van der Waals surface area contributed by atoms with Crippen molar-refractivity contribution in [2.45, 2.75) is 22.8 Å². The maximum absolute atomic E-state index is 12.9. The minimum Gasteiger partial charge on any atom is -0.492 e. The summed E-state index contributed by atoms with van der Waals surface area (Å²) < 4.78 is 41.7. The fourth-order valence-corrected chi connectivity index (χ4v) is 4.41. The number of sulfone groups is 1. The van der Waals surface area contributed by atoms with Crippen LogP contribution in [0.1, 0.15) is 6.92 Å². The minimum absolute atomic E-state index is 0.0137. The smallest absolute Gasteiger partial charge is 0.303 e. The van der Waals surface area contributed by atoms with E-state index in [2.05, 4.69) is 6.92 Å². The number of benzene rings is 2. The van der Waals surface area contributed by atoms with Crippen LogP contribution in [0.15, 0.2) is 46.2 Å². The first kappa shape index (κ1) is 24.6. The molecule has 2 aromatic rings. The van der Waals surface area contributed by atoms with Crippen molar-refractivity contribution in [2.75, 3.05) is 19.1 Å². The normalized spacial score (nSPS) is 12.3. The molecule has 0 heterocycles. The summed E-state index contributed by atoms with van der Waals surface area (Å²) in [5, 5.41) is 0.228. The van der Waals surface area contributed by atoms with Crippen LogP contribution in [-0.2, 0) is 19.4 Å². The first-order valence-corrected chi connectivity index (χ1v) is 11.4. The molecular formula is C20H19Cl3O6S. The van der Waals surface area contributed by atoms with E-state index in [1.165, 1.54) is 43.3 Å². The van der Waals surface area contributed by atoms with Gasteiger partial charge >= 0.3 is 5.97 Å². The van der Waals surface area contributed by atoms with Crippen molar-refractivity contribution < 1.29 is 27.4 Å². The number of halogens is 3. The summed E-state index contributed by atoms with van der Waals surface area (Å²) in [7, 11) is -3.88. The zero-order chi connectivity index (χ0) is 22.3. The van der Waals surface area contributed by atoms with Crippen molar-refractivity contribution in [3.05, 3.63) is 59.8 Å². The molecule has 0 saturated carbocycles. The fourth-order valence-electron chi connectivity index (χ4n) is 2.34. The van der Waals surface area contributed by atoms with Gasteiger partial charge in [-0.2, -0.15) is 0 Å². The van der Waals surface area contributed by atoms with Gasteiger partial charge in [-0.25, -0.2) is 8.42 Å². The van der Waals surface area contributed by atoms with E-state index in [0.717, 1.165) is 0 Å². The van der Waals surface area contributed by atoms with Crippen LogP contribution in [0.2, 0.25) is 10.0 Å². The number of rotatable bonds is 10. The third kappa shape index (κ3) is 6.41. The van der Waals surface area contributed by atoms with Gasteiger partial charge in [0, 0.05) is 6.92 Å². The molecule has 162 valence electrons. The van der Waals surface area contributed by atoms with Crippen LogP contribution in [0.5, 0.6) is 11.5 Å². The van der Waals surface area contributed by atoms with Crippen LogP contribution >= 0.6 is 34.8 Å². The largest absolute Gasteiger partial charge is 0.492 e. The van der Waals surface area contributed by atoms with Crippen molar-refractivity contribution in [1.82, 2.24) is 0 Å². The third-order valence-corrected chi connectivity index (χ3v) is 6.40. The molecule has 0 aliphatic carbocycles. The highest BCUT2D eigenvalue weighted by atomic mass is 35.5. The third-order valence-electron chi connectivity index (χ3n) is 3.71. The van der Waals surface area contributed by atoms with Crippen LogP contribution in [0.25, 0.3) is 0 Å². The summed E-state index contributed by atoms with van der Waals surface area (Å²) >= 11 is 18.0. The number of carbonyl (C=O) groups excluding carboxylic acids is 1. The summed E-state index contributed by atoms with van der Waals surface area (Å²) in [6.45, 7) is 5.01. The summed E-state index contributed by atoms with van der Waals surface area (Å²) in [4.78, 5) is 11.0. The van der Waals surface area contributed by atoms with Crippen molar-refractivity contribution >= 4 is 50.6 Å². The van der Waals surface area contributed by atoms with E-state index >= 15 is 0 Å². The molecule has 0 unspecified atom stereocenters. The second-order valence-corrected chi connectivity index (χ2v) is 9.06. The zero-order valence-electron chi connectivity index (χ0n) is 15.9. The second kappa shape index (κ2) is 11.1. The van der Waals surface area contributed by atoms with Gasteiger partial charge in [0.15, 0.2) is 0 Å². The van der Waals surface area contributed by atoms with Gasteiger partial charge in [0.2, 0.25) is 9.84 Å². The molecule has 2 radical (unpaired) electrons. The Balaban J connectivity index is 2.20. The Morgan fingerprint density at radius 3 is 2.03 bits per heavy atom. The predicted octanol–water partition coefficient (Wildman–Crippen LogP) is 4.79. The number of carbonyl (C=O) groups is 1. The first-order chi connectivity index (χ1) is 14.2. The topological polar surface area (TPSA) is 78.9 Å². The summed E-state index contributed by atoms with van der Waals surface area (Å²) in [6.07, 6.45) is 0.890. The van der Waals surface area contributed by atoms with Gasteiger partial charge in [0.1, 0.15) is 24.2 Å². The lowest BCUT2D eigenvalue weighted by Crippen LogP contribution is -2.25. The molecule has 0 aliphatic rings. The molecule has 0 bridgehead atoms. The SMILES string of the molecule is [CH2][CH]COc1ccc(S(=O)(=O)c2ccc(OC[C@H](CCl)OC(C)=O)c(Cl)c2)cc1Cl. The summed E-state index contributed by atoms with van der Waals surface area (Å²) in [5.41, 5.74) is 0. The second-order valence-electron chi connectivity index (χ2n) is 5.98. The highest BCUT2D eigenvalue weighted by molar-refractivity contribution is 7.91. The molecule has 0 fully saturated rings. The van der Waals surface area contributed by atoms with Crippen LogP contribution < -0.4 is 9.47 Å². The summed E-state index contributed by atoms with van der Waals surface area (Å²) in [6, 6.07) is 8.20. The monoisotopic (exact) mass is 492 g/mol. The van der Waals surface area contributed by atoms with Crippen LogP contribution in [0, 0.1) is 13.3 Å². The van der Waals surface area contributed by atoms with E-state index in [1.807, 2.05) is 0 Å². The van der Waals surface area contributed by atoms with Crippen molar-refractivity contribution in [1.29, 1.82) is 0 Å². The molecule has 2 rings (SSSR count). The number of ether oxygens (including phenoxy) is 3. The molecule has 0 N–H and O–H groups in total. The standard InChI is InChI=1S/C20H19Cl3O6S/c1-3-8-27-19-6-4-15(9-17(19)22)30(25,26)16-5-7-20(18(23)10-16)28-12-14(11-21)29-13(2)24/h3-7,9-10,14H,1,8,11-12H2,2H3/t14-/m0/s1. The fraction of sp³-hybridized carbons (Fsp3) is 0.250. The predicted molar refractivity (Wildman–Crippen MR) is 115 cm³/mol. The van der Waals surface area contributed by atoms with E-state index in [4.69, 9.17) is 49.0 Å². The van der Waals surface area contributed by atoms with Gasteiger partial charge in [0.05, 0.1) is 32.3 Å². The van der Waals surface area contributed by atoms with Gasteiger partial charge < -0.3 is 14.2 Å².